The molecule has 0 unspecified atom stereocenters. The van der Waals surface area contributed by atoms with Crippen molar-refractivity contribution >= 4 is 28.7 Å². The second-order valence-corrected chi connectivity index (χ2v) is 7.44. The summed E-state index contributed by atoms with van der Waals surface area (Å²) in [6, 6.07) is 20.6. The Morgan fingerprint density at radius 3 is 1.90 bits per heavy atom. The average molecular weight is 389 g/mol. The second-order valence-electron chi connectivity index (χ2n) is 7.44. The van der Waals surface area contributed by atoms with Crippen molar-refractivity contribution < 1.29 is 0 Å². The van der Waals surface area contributed by atoms with Gasteiger partial charge in [0.25, 0.3) is 0 Å². The zero-order valence-corrected chi connectivity index (χ0v) is 16.6. The van der Waals surface area contributed by atoms with Crippen LogP contribution in [0.5, 0.6) is 0 Å². The number of nitrogen functional groups attached to an aromatic ring is 1. The number of benzene rings is 2. The van der Waals surface area contributed by atoms with Gasteiger partial charge in [-0.15, -0.1) is 0 Å². The molecule has 1 heterocycles. The molecule has 1 aromatic heterocycles. The summed E-state index contributed by atoms with van der Waals surface area (Å²) in [4.78, 5) is 8.82. The normalized spacial score (nSPS) is 14.8. The molecule has 150 valence electrons. The summed E-state index contributed by atoms with van der Waals surface area (Å²) in [5.41, 5.74) is 12.4. The second kappa shape index (κ2) is 9.28. The quantitative estimate of drug-likeness (QED) is 0.390. The van der Waals surface area contributed by atoms with E-state index in [1.165, 1.54) is 25.7 Å². The number of hydrazine groups is 1. The maximum Gasteiger partial charge on any atom is 0.173 e. The van der Waals surface area contributed by atoms with E-state index in [4.69, 9.17) is 5.73 Å². The third-order valence-corrected chi connectivity index (χ3v) is 5.33. The Morgan fingerprint density at radius 2 is 1.31 bits per heavy atom. The van der Waals surface area contributed by atoms with E-state index < -0.39 is 0 Å². The summed E-state index contributed by atoms with van der Waals surface area (Å²) in [5.74, 6) is 1.29. The Morgan fingerprint density at radius 1 is 0.759 bits per heavy atom. The van der Waals surface area contributed by atoms with Crippen molar-refractivity contribution in [2.75, 3.05) is 21.5 Å². The SMILES string of the molecule is Nc1c(NC2CCCCCC2)ncnc1NN(c1ccccc1)c1ccccc1. The monoisotopic (exact) mass is 388 g/mol. The van der Waals surface area contributed by atoms with Gasteiger partial charge in [-0.3, -0.25) is 10.4 Å². The fraction of sp³-hybridized carbons (Fsp3) is 0.304. The maximum atomic E-state index is 6.47. The highest BCUT2D eigenvalue weighted by Crippen LogP contribution is 2.30. The molecule has 29 heavy (non-hydrogen) atoms. The first kappa shape index (κ1) is 19.1. The summed E-state index contributed by atoms with van der Waals surface area (Å²) >= 11 is 0. The third-order valence-electron chi connectivity index (χ3n) is 5.33. The van der Waals surface area contributed by atoms with E-state index in [2.05, 4.69) is 20.7 Å². The van der Waals surface area contributed by atoms with Gasteiger partial charge in [-0.1, -0.05) is 62.1 Å². The number of nitrogens with one attached hydrogen (secondary N) is 2. The van der Waals surface area contributed by atoms with Crippen molar-refractivity contribution in [3.8, 4) is 0 Å². The number of hydrogen-bond donors (Lipinski definition) is 3. The lowest BCUT2D eigenvalue weighted by atomic mass is 10.1. The van der Waals surface area contributed by atoms with Gasteiger partial charge in [0.2, 0.25) is 0 Å². The number of aromatic nitrogens is 2. The zero-order valence-electron chi connectivity index (χ0n) is 16.6. The summed E-state index contributed by atoms with van der Waals surface area (Å²) in [7, 11) is 0. The maximum absolute atomic E-state index is 6.47. The lowest BCUT2D eigenvalue weighted by molar-refractivity contribution is 0.618. The predicted molar refractivity (Wildman–Crippen MR) is 120 cm³/mol. The van der Waals surface area contributed by atoms with Gasteiger partial charge in [-0.05, 0) is 37.1 Å². The van der Waals surface area contributed by atoms with E-state index in [9.17, 15) is 0 Å². The van der Waals surface area contributed by atoms with E-state index in [0.717, 1.165) is 24.2 Å². The van der Waals surface area contributed by atoms with Gasteiger partial charge < -0.3 is 11.1 Å². The van der Waals surface area contributed by atoms with Gasteiger partial charge in [-0.2, -0.15) is 0 Å². The van der Waals surface area contributed by atoms with Crippen LogP contribution in [0.25, 0.3) is 0 Å². The molecule has 0 saturated heterocycles. The van der Waals surface area contributed by atoms with Crippen LogP contribution in [0.15, 0.2) is 67.0 Å². The highest BCUT2D eigenvalue weighted by molar-refractivity contribution is 5.78. The van der Waals surface area contributed by atoms with Crippen LogP contribution >= 0.6 is 0 Å². The summed E-state index contributed by atoms with van der Waals surface area (Å²) in [5, 5.41) is 5.53. The standard InChI is InChI=1S/C23H28N6/c24-21-22(27-18-11-5-1-2-6-12-18)25-17-26-23(21)28-29(19-13-7-3-8-14-19)20-15-9-4-10-16-20/h3-4,7-10,13-18H,1-2,5-6,11-12,24H2,(H2,25,26,27,28). The van der Waals surface area contributed by atoms with Gasteiger partial charge in [0.1, 0.15) is 12.0 Å². The molecule has 0 amide bonds. The first-order valence-corrected chi connectivity index (χ1v) is 10.3. The largest absolute Gasteiger partial charge is 0.393 e. The molecule has 3 aromatic rings. The molecular formula is C23H28N6. The van der Waals surface area contributed by atoms with E-state index in [1.54, 1.807) is 6.33 Å². The minimum atomic E-state index is 0.418. The minimum absolute atomic E-state index is 0.418. The van der Waals surface area contributed by atoms with Crippen molar-refractivity contribution in [2.24, 2.45) is 0 Å². The van der Waals surface area contributed by atoms with Crippen LogP contribution in [0.2, 0.25) is 0 Å². The molecule has 2 aromatic carbocycles. The Labute approximate surface area is 172 Å². The summed E-state index contributed by atoms with van der Waals surface area (Å²) < 4.78 is 0. The van der Waals surface area contributed by atoms with Gasteiger partial charge in [0.15, 0.2) is 11.6 Å². The Hall–Kier alpha value is -3.28. The van der Waals surface area contributed by atoms with E-state index in [0.29, 0.717) is 23.4 Å². The molecule has 6 nitrogen and oxygen atoms in total. The molecule has 1 saturated carbocycles. The Kier molecular flexibility index (Phi) is 6.10. The van der Waals surface area contributed by atoms with Crippen molar-refractivity contribution in [3.05, 3.63) is 67.0 Å². The fourth-order valence-corrected chi connectivity index (χ4v) is 3.75. The third kappa shape index (κ3) is 4.77. The molecule has 0 radical (unpaired) electrons. The van der Waals surface area contributed by atoms with Crippen LogP contribution in [0.3, 0.4) is 0 Å². The first-order valence-electron chi connectivity index (χ1n) is 10.3. The van der Waals surface area contributed by atoms with Crippen LogP contribution in [-0.2, 0) is 0 Å². The van der Waals surface area contributed by atoms with E-state index in [-0.39, 0.29) is 0 Å². The van der Waals surface area contributed by atoms with Crippen LogP contribution in [0, 0.1) is 0 Å². The highest BCUT2D eigenvalue weighted by atomic mass is 15.5. The molecular weight excluding hydrogens is 360 g/mol. The van der Waals surface area contributed by atoms with Crippen LogP contribution in [0.4, 0.5) is 28.7 Å². The van der Waals surface area contributed by atoms with Crippen LogP contribution < -0.4 is 21.5 Å². The molecule has 1 aliphatic carbocycles. The lowest BCUT2D eigenvalue weighted by Crippen LogP contribution is -2.26. The fourth-order valence-electron chi connectivity index (χ4n) is 3.75. The Bertz CT molecular complexity index is 852. The minimum Gasteiger partial charge on any atom is -0.393 e. The first-order chi connectivity index (χ1) is 14.3. The molecule has 0 atom stereocenters. The summed E-state index contributed by atoms with van der Waals surface area (Å²) in [6.07, 6.45) is 9.01. The molecule has 4 rings (SSSR count). The van der Waals surface area contributed by atoms with E-state index in [1.807, 2.05) is 65.7 Å². The van der Waals surface area contributed by atoms with Crippen molar-refractivity contribution in [1.29, 1.82) is 0 Å². The lowest BCUT2D eigenvalue weighted by Gasteiger charge is -2.27. The summed E-state index contributed by atoms with van der Waals surface area (Å²) in [6.45, 7) is 0. The van der Waals surface area contributed by atoms with Crippen LogP contribution in [-0.4, -0.2) is 16.0 Å². The van der Waals surface area contributed by atoms with Gasteiger partial charge in [0, 0.05) is 6.04 Å². The Balaban J connectivity index is 1.59. The molecule has 1 fully saturated rings. The average Bonchev–Trinajstić information content (AvgIpc) is 3.04. The van der Waals surface area contributed by atoms with Gasteiger partial charge in [0.05, 0.1) is 11.4 Å². The number of para-hydroxylation sites is 2. The van der Waals surface area contributed by atoms with Crippen LogP contribution in [0.1, 0.15) is 38.5 Å². The van der Waals surface area contributed by atoms with Gasteiger partial charge >= 0.3 is 0 Å². The smallest absolute Gasteiger partial charge is 0.173 e. The van der Waals surface area contributed by atoms with Gasteiger partial charge in [-0.25, -0.2) is 9.97 Å². The zero-order chi connectivity index (χ0) is 19.9. The molecule has 4 N–H and O–H groups in total. The number of rotatable bonds is 6. The van der Waals surface area contributed by atoms with Crippen molar-refractivity contribution in [2.45, 2.75) is 44.6 Å². The topological polar surface area (TPSA) is 79.1 Å². The number of nitrogens with zero attached hydrogens (tertiary/aromatic N) is 3. The molecule has 0 aliphatic heterocycles. The number of anilines is 5. The van der Waals surface area contributed by atoms with E-state index >= 15 is 0 Å². The molecule has 0 spiro atoms. The molecule has 1 aliphatic rings. The van der Waals surface area contributed by atoms with Crippen molar-refractivity contribution in [1.82, 2.24) is 9.97 Å². The molecule has 6 heteroatoms. The number of hydrogen-bond acceptors (Lipinski definition) is 6. The number of nitrogens with two attached hydrogens (primary N) is 1. The highest BCUT2D eigenvalue weighted by Gasteiger charge is 2.17. The van der Waals surface area contributed by atoms with Crippen molar-refractivity contribution in [3.63, 3.8) is 0 Å². The molecule has 0 bridgehead atoms. The predicted octanol–water partition coefficient (Wildman–Crippen LogP) is 5.36.